The smallest absolute Gasteiger partial charge is 0.306 e. The number of carbonyl (C=O) groups is 1. The second-order valence-corrected chi connectivity index (χ2v) is 3.80. The van der Waals surface area contributed by atoms with Crippen LogP contribution in [0.5, 0.6) is 0 Å². The second kappa shape index (κ2) is 6.40. The average Bonchev–Trinajstić information content (AvgIpc) is 2.13. The molecule has 0 spiro atoms. The van der Waals surface area contributed by atoms with Crippen LogP contribution in [0, 0.1) is 5.92 Å². The summed E-state index contributed by atoms with van der Waals surface area (Å²) >= 11 is 0. The Morgan fingerprint density at radius 1 is 1.36 bits per heavy atom. The maximum Gasteiger partial charge on any atom is 0.306 e. The summed E-state index contributed by atoms with van der Waals surface area (Å²) in [7, 11) is 0. The molecule has 0 saturated heterocycles. The molecule has 0 fully saturated rings. The summed E-state index contributed by atoms with van der Waals surface area (Å²) in [5, 5.41) is 3.48. The van der Waals surface area contributed by atoms with Gasteiger partial charge in [-0.15, -0.1) is 0 Å². The van der Waals surface area contributed by atoms with Crippen LogP contribution in [0.25, 0.3) is 0 Å². The molecule has 0 aromatic rings. The zero-order valence-electron chi connectivity index (χ0n) is 9.41. The monoisotopic (exact) mass is 200 g/mol. The van der Waals surface area contributed by atoms with E-state index >= 15 is 0 Å². The molecule has 82 valence electrons. The van der Waals surface area contributed by atoms with Crippen LogP contribution >= 0.6 is 0 Å². The molecule has 0 rings (SSSR count). The normalized spacial score (nSPS) is 14.2. The Kier molecular flexibility index (Phi) is 5.92. The largest absolute Gasteiger partial charge is 0.462 e. The van der Waals surface area contributed by atoms with Gasteiger partial charge in [-0.2, -0.15) is 5.10 Å². The van der Waals surface area contributed by atoms with Crippen LogP contribution in [0.2, 0.25) is 0 Å². The van der Waals surface area contributed by atoms with Gasteiger partial charge in [0.1, 0.15) is 6.10 Å². The van der Waals surface area contributed by atoms with Crippen LogP contribution in [-0.2, 0) is 9.53 Å². The summed E-state index contributed by atoms with van der Waals surface area (Å²) in [6, 6.07) is 0. The van der Waals surface area contributed by atoms with E-state index in [0.717, 1.165) is 5.71 Å². The number of rotatable bonds is 5. The number of nitrogens with two attached hydrogens (primary N) is 1. The molecule has 14 heavy (non-hydrogen) atoms. The van der Waals surface area contributed by atoms with Gasteiger partial charge in [-0.1, -0.05) is 13.8 Å². The summed E-state index contributed by atoms with van der Waals surface area (Å²) in [4.78, 5) is 11.3. The van der Waals surface area contributed by atoms with E-state index in [-0.39, 0.29) is 12.1 Å². The van der Waals surface area contributed by atoms with Crippen LogP contribution < -0.4 is 5.84 Å². The molecule has 0 aliphatic heterocycles. The highest BCUT2D eigenvalue weighted by molar-refractivity contribution is 5.85. The molecule has 0 heterocycles. The minimum atomic E-state index is -0.186. The first-order valence-electron chi connectivity index (χ1n) is 4.90. The Morgan fingerprint density at radius 3 is 2.36 bits per heavy atom. The second-order valence-electron chi connectivity index (χ2n) is 3.80. The van der Waals surface area contributed by atoms with Gasteiger partial charge in [-0.3, -0.25) is 4.79 Å². The predicted octanol–water partition coefficient (Wildman–Crippen LogP) is 1.69. The molecule has 1 atom stereocenters. The molecule has 0 aromatic carbocycles. The Bertz CT molecular complexity index is 212. The summed E-state index contributed by atoms with van der Waals surface area (Å²) in [5.74, 6) is 5.21. The molecule has 0 saturated carbocycles. The van der Waals surface area contributed by atoms with E-state index in [1.54, 1.807) is 6.92 Å². The molecular weight excluding hydrogens is 180 g/mol. The molecule has 0 aromatic heterocycles. The number of esters is 1. The van der Waals surface area contributed by atoms with Crippen molar-refractivity contribution in [1.82, 2.24) is 0 Å². The molecule has 4 nitrogen and oxygen atoms in total. The van der Waals surface area contributed by atoms with E-state index < -0.39 is 0 Å². The molecule has 4 heteroatoms. The first kappa shape index (κ1) is 12.9. The molecule has 0 amide bonds. The average molecular weight is 200 g/mol. The molecule has 0 radical (unpaired) electrons. The third-order valence-electron chi connectivity index (χ3n) is 2.17. The van der Waals surface area contributed by atoms with E-state index in [9.17, 15) is 4.79 Å². The lowest BCUT2D eigenvalue weighted by molar-refractivity contribution is -0.150. The van der Waals surface area contributed by atoms with Crippen molar-refractivity contribution in [2.24, 2.45) is 16.9 Å². The topological polar surface area (TPSA) is 64.7 Å². The van der Waals surface area contributed by atoms with Crippen LogP contribution in [0.1, 0.15) is 40.5 Å². The zero-order valence-corrected chi connectivity index (χ0v) is 9.41. The fourth-order valence-corrected chi connectivity index (χ4v) is 0.750. The maximum atomic E-state index is 11.3. The van der Waals surface area contributed by atoms with Gasteiger partial charge in [0.15, 0.2) is 0 Å². The van der Waals surface area contributed by atoms with E-state index in [2.05, 4.69) is 5.10 Å². The van der Waals surface area contributed by atoms with Crippen molar-refractivity contribution >= 4 is 11.7 Å². The number of hydrogen-bond donors (Lipinski definition) is 1. The van der Waals surface area contributed by atoms with Gasteiger partial charge < -0.3 is 10.6 Å². The number of hydrogen-bond acceptors (Lipinski definition) is 4. The van der Waals surface area contributed by atoms with Crippen LogP contribution in [0.4, 0.5) is 0 Å². The highest BCUT2D eigenvalue weighted by Crippen LogP contribution is 2.07. The Morgan fingerprint density at radius 2 is 1.93 bits per heavy atom. The van der Waals surface area contributed by atoms with E-state index in [4.69, 9.17) is 10.6 Å². The van der Waals surface area contributed by atoms with E-state index in [1.807, 2.05) is 20.8 Å². The minimum Gasteiger partial charge on any atom is -0.462 e. The first-order valence-corrected chi connectivity index (χ1v) is 4.90. The lowest BCUT2D eigenvalue weighted by Crippen LogP contribution is -2.20. The standard InChI is InChI=1S/C10H20N2O2/c1-7(2)9(4)14-10(13)6-5-8(3)12-11/h7,9H,5-6,11H2,1-4H3/b12-8+. The van der Waals surface area contributed by atoms with Gasteiger partial charge in [0.05, 0.1) is 6.42 Å². The van der Waals surface area contributed by atoms with Gasteiger partial charge in [0.2, 0.25) is 0 Å². The highest BCUT2D eigenvalue weighted by Gasteiger charge is 2.12. The predicted molar refractivity (Wildman–Crippen MR) is 56.9 cm³/mol. The van der Waals surface area contributed by atoms with Crippen molar-refractivity contribution in [2.45, 2.75) is 46.6 Å². The fourth-order valence-electron chi connectivity index (χ4n) is 0.750. The maximum absolute atomic E-state index is 11.3. The fraction of sp³-hybridized carbons (Fsp3) is 0.800. The zero-order chi connectivity index (χ0) is 11.1. The first-order chi connectivity index (χ1) is 6.47. The molecule has 0 aliphatic carbocycles. The van der Waals surface area contributed by atoms with Gasteiger partial charge in [0, 0.05) is 5.71 Å². The number of carbonyl (C=O) groups excluding carboxylic acids is 1. The van der Waals surface area contributed by atoms with Crippen molar-refractivity contribution < 1.29 is 9.53 Å². The molecular formula is C10H20N2O2. The van der Waals surface area contributed by atoms with Gasteiger partial charge >= 0.3 is 5.97 Å². The van der Waals surface area contributed by atoms with Crippen molar-refractivity contribution in [2.75, 3.05) is 0 Å². The quantitative estimate of drug-likeness (QED) is 0.318. The molecule has 0 bridgehead atoms. The number of hydrazone groups is 1. The van der Waals surface area contributed by atoms with Crippen molar-refractivity contribution in [3.63, 3.8) is 0 Å². The summed E-state index contributed by atoms with van der Waals surface area (Å²) in [5.41, 5.74) is 0.763. The Labute approximate surface area is 85.5 Å². The van der Waals surface area contributed by atoms with E-state index in [0.29, 0.717) is 18.8 Å². The number of ether oxygens (including phenoxy) is 1. The minimum absolute atomic E-state index is 0.0300. The Hall–Kier alpha value is -1.06. The Balaban J connectivity index is 3.77. The van der Waals surface area contributed by atoms with Crippen molar-refractivity contribution in [1.29, 1.82) is 0 Å². The lowest BCUT2D eigenvalue weighted by atomic mass is 10.1. The van der Waals surface area contributed by atoms with Crippen LogP contribution in [0.3, 0.4) is 0 Å². The highest BCUT2D eigenvalue weighted by atomic mass is 16.5. The van der Waals surface area contributed by atoms with Gasteiger partial charge in [-0.25, -0.2) is 0 Å². The van der Waals surface area contributed by atoms with Gasteiger partial charge in [0.25, 0.3) is 0 Å². The van der Waals surface area contributed by atoms with Crippen LogP contribution in [-0.4, -0.2) is 17.8 Å². The number of nitrogens with zero attached hydrogens (tertiary/aromatic N) is 1. The van der Waals surface area contributed by atoms with Gasteiger partial charge in [-0.05, 0) is 26.2 Å². The van der Waals surface area contributed by atoms with E-state index in [1.165, 1.54) is 0 Å². The summed E-state index contributed by atoms with van der Waals surface area (Å²) < 4.78 is 5.17. The molecule has 0 aliphatic rings. The lowest BCUT2D eigenvalue weighted by Gasteiger charge is -2.16. The summed E-state index contributed by atoms with van der Waals surface area (Å²) in [6.45, 7) is 7.72. The molecule has 1 unspecified atom stereocenters. The third-order valence-corrected chi connectivity index (χ3v) is 2.17. The summed E-state index contributed by atoms with van der Waals surface area (Å²) in [6.07, 6.45) is 0.890. The van der Waals surface area contributed by atoms with Crippen molar-refractivity contribution in [3.8, 4) is 0 Å². The molecule has 2 N–H and O–H groups in total. The van der Waals surface area contributed by atoms with Crippen LogP contribution in [0.15, 0.2) is 5.10 Å². The third kappa shape index (κ3) is 5.56. The van der Waals surface area contributed by atoms with Crippen molar-refractivity contribution in [3.05, 3.63) is 0 Å². The SMILES string of the molecule is C/C(CCC(=O)OC(C)C(C)C)=N\N.